The SMILES string of the molecule is CSCc1ccc(C(=O)NCc2coc(-c3cccs3)n2)cc1. The molecule has 1 amide bonds. The van der Waals surface area contributed by atoms with Crippen LogP contribution in [0.2, 0.25) is 0 Å². The average molecular weight is 344 g/mol. The highest BCUT2D eigenvalue weighted by Gasteiger charge is 2.10. The Kier molecular flexibility index (Phi) is 5.15. The van der Waals surface area contributed by atoms with E-state index in [2.05, 4.69) is 16.6 Å². The zero-order chi connectivity index (χ0) is 16.1. The maximum absolute atomic E-state index is 12.1. The molecular weight excluding hydrogens is 328 g/mol. The van der Waals surface area contributed by atoms with E-state index in [1.807, 2.05) is 41.8 Å². The van der Waals surface area contributed by atoms with Gasteiger partial charge in [-0.25, -0.2) is 4.98 Å². The van der Waals surface area contributed by atoms with E-state index in [-0.39, 0.29) is 5.91 Å². The zero-order valence-corrected chi connectivity index (χ0v) is 14.2. The summed E-state index contributed by atoms with van der Waals surface area (Å²) >= 11 is 3.33. The second-order valence-electron chi connectivity index (χ2n) is 4.93. The molecule has 23 heavy (non-hydrogen) atoms. The van der Waals surface area contributed by atoms with Gasteiger partial charge in [0, 0.05) is 11.3 Å². The third kappa shape index (κ3) is 4.03. The molecule has 1 N–H and O–H groups in total. The monoisotopic (exact) mass is 344 g/mol. The summed E-state index contributed by atoms with van der Waals surface area (Å²) in [6.07, 6.45) is 3.64. The Balaban J connectivity index is 1.58. The zero-order valence-electron chi connectivity index (χ0n) is 12.6. The van der Waals surface area contributed by atoms with E-state index >= 15 is 0 Å². The molecule has 0 atom stereocenters. The second kappa shape index (κ2) is 7.48. The van der Waals surface area contributed by atoms with Crippen molar-refractivity contribution in [3.05, 3.63) is 64.9 Å². The third-order valence-corrected chi connectivity index (χ3v) is 4.72. The number of hydrogen-bond acceptors (Lipinski definition) is 5. The largest absolute Gasteiger partial charge is 0.443 e. The number of aromatic nitrogens is 1. The highest BCUT2D eigenvalue weighted by Crippen LogP contribution is 2.23. The molecule has 2 heterocycles. The fourth-order valence-electron chi connectivity index (χ4n) is 2.09. The van der Waals surface area contributed by atoms with Gasteiger partial charge in [-0.15, -0.1) is 11.3 Å². The lowest BCUT2D eigenvalue weighted by molar-refractivity contribution is 0.0950. The summed E-state index contributed by atoms with van der Waals surface area (Å²) in [4.78, 5) is 17.5. The molecule has 0 saturated heterocycles. The summed E-state index contributed by atoms with van der Waals surface area (Å²) < 4.78 is 5.44. The molecular formula is C17H16N2O2S2. The van der Waals surface area contributed by atoms with Crippen molar-refractivity contribution in [2.45, 2.75) is 12.3 Å². The molecule has 0 radical (unpaired) electrons. The molecule has 2 aromatic heterocycles. The standard InChI is InChI=1S/C17H16N2O2S2/c1-22-11-12-4-6-13(7-5-12)16(20)18-9-14-10-21-17(19-14)15-3-2-8-23-15/h2-8,10H,9,11H2,1H3,(H,18,20). The fraction of sp³-hybridized carbons (Fsp3) is 0.176. The van der Waals surface area contributed by atoms with Crippen molar-refractivity contribution in [3.63, 3.8) is 0 Å². The fourth-order valence-corrected chi connectivity index (χ4v) is 3.27. The van der Waals surface area contributed by atoms with E-state index in [9.17, 15) is 4.79 Å². The number of thioether (sulfide) groups is 1. The van der Waals surface area contributed by atoms with Gasteiger partial charge >= 0.3 is 0 Å². The van der Waals surface area contributed by atoms with Gasteiger partial charge in [-0.3, -0.25) is 4.79 Å². The van der Waals surface area contributed by atoms with Crippen LogP contribution in [0.1, 0.15) is 21.6 Å². The van der Waals surface area contributed by atoms with Crippen molar-refractivity contribution >= 4 is 29.0 Å². The average Bonchev–Trinajstić information content (AvgIpc) is 3.25. The van der Waals surface area contributed by atoms with E-state index in [1.165, 1.54) is 5.56 Å². The van der Waals surface area contributed by atoms with Gasteiger partial charge in [0.1, 0.15) is 6.26 Å². The molecule has 0 saturated carbocycles. The summed E-state index contributed by atoms with van der Waals surface area (Å²) in [5.74, 6) is 1.43. The minimum atomic E-state index is -0.110. The molecule has 118 valence electrons. The van der Waals surface area contributed by atoms with Crippen LogP contribution in [0.3, 0.4) is 0 Å². The molecule has 0 aliphatic carbocycles. The van der Waals surface area contributed by atoms with Crippen LogP contribution in [0.4, 0.5) is 0 Å². The Morgan fingerprint density at radius 2 is 2.13 bits per heavy atom. The van der Waals surface area contributed by atoms with E-state index in [1.54, 1.807) is 29.4 Å². The predicted molar refractivity (Wildman–Crippen MR) is 94.6 cm³/mol. The van der Waals surface area contributed by atoms with E-state index in [0.29, 0.717) is 23.7 Å². The number of oxazole rings is 1. The molecule has 0 unspecified atom stereocenters. The van der Waals surface area contributed by atoms with Gasteiger partial charge in [-0.1, -0.05) is 18.2 Å². The summed E-state index contributed by atoms with van der Waals surface area (Å²) in [6.45, 7) is 0.347. The van der Waals surface area contributed by atoms with Crippen molar-refractivity contribution in [1.82, 2.24) is 10.3 Å². The van der Waals surface area contributed by atoms with Gasteiger partial charge in [0.2, 0.25) is 5.89 Å². The highest BCUT2D eigenvalue weighted by atomic mass is 32.2. The Hall–Kier alpha value is -2.05. The van der Waals surface area contributed by atoms with Crippen molar-refractivity contribution in [2.75, 3.05) is 6.26 Å². The first kappa shape index (κ1) is 15.8. The molecule has 0 bridgehead atoms. The van der Waals surface area contributed by atoms with Crippen LogP contribution in [-0.2, 0) is 12.3 Å². The second-order valence-corrected chi connectivity index (χ2v) is 6.75. The van der Waals surface area contributed by atoms with Gasteiger partial charge < -0.3 is 9.73 Å². The normalized spacial score (nSPS) is 10.7. The number of nitrogens with zero attached hydrogens (tertiary/aromatic N) is 1. The van der Waals surface area contributed by atoms with Crippen molar-refractivity contribution < 1.29 is 9.21 Å². The molecule has 3 aromatic rings. The smallest absolute Gasteiger partial charge is 0.251 e. The Morgan fingerprint density at radius 3 is 2.83 bits per heavy atom. The topological polar surface area (TPSA) is 55.1 Å². The van der Waals surface area contributed by atoms with Crippen LogP contribution in [0.25, 0.3) is 10.8 Å². The minimum absolute atomic E-state index is 0.110. The minimum Gasteiger partial charge on any atom is -0.443 e. The molecule has 1 aromatic carbocycles. The predicted octanol–water partition coefficient (Wildman–Crippen LogP) is 4.20. The van der Waals surface area contributed by atoms with Gasteiger partial charge in [0.15, 0.2) is 0 Å². The Labute approximate surface area is 142 Å². The van der Waals surface area contributed by atoms with Gasteiger partial charge in [0.25, 0.3) is 5.91 Å². The van der Waals surface area contributed by atoms with Gasteiger partial charge in [-0.05, 0) is 35.4 Å². The van der Waals surface area contributed by atoms with E-state index in [4.69, 9.17) is 4.42 Å². The molecule has 6 heteroatoms. The van der Waals surface area contributed by atoms with Crippen LogP contribution in [0, 0.1) is 0 Å². The Morgan fingerprint density at radius 1 is 1.30 bits per heavy atom. The Bertz CT molecular complexity index is 764. The van der Waals surface area contributed by atoms with Crippen molar-refractivity contribution in [1.29, 1.82) is 0 Å². The first-order chi connectivity index (χ1) is 11.3. The number of thiophene rings is 1. The number of hydrogen-bond donors (Lipinski definition) is 1. The number of carbonyl (C=O) groups excluding carboxylic acids is 1. The first-order valence-corrected chi connectivity index (χ1v) is 9.38. The summed E-state index contributed by atoms with van der Waals surface area (Å²) in [5, 5.41) is 4.84. The quantitative estimate of drug-likeness (QED) is 0.728. The lowest BCUT2D eigenvalue weighted by Crippen LogP contribution is -2.22. The molecule has 0 spiro atoms. The van der Waals surface area contributed by atoms with Crippen molar-refractivity contribution in [2.24, 2.45) is 0 Å². The summed E-state index contributed by atoms with van der Waals surface area (Å²) in [7, 11) is 0. The first-order valence-electron chi connectivity index (χ1n) is 7.10. The maximum Gasteiger partial charge on any atom is 0.251 e. The number of carbonyl (C=O) groups is 1. The third-order valence-electron chi connectivity index (χ3n) is 3.24. The lowest BCUT2D eigenvalue weighted by atomic mass is 10.1. The molecule has 4 nitrogen and oxygen atoms in total. The van der Waals surface area contributed by atoms with Crippen LogP contribution in [-0.4, -0.2) is 17.1 Å². The molecule has 3 rings (SSSR count). The molecule has 0 aliphatic heterocycles. The number of nitrogens with one attached hydrogen (secondary N) is 1. The van der Waals surface area contributed by atoms with E-state index < -0.39 is 0 Å². The highest BCUT2D eigenvalue weighted by molar-refractivity contribution is 7.97. The summed E-state index contributed by atoms with van der Waals surface area (Å²) in [6, 6.07) is 11.6. The molecule has 0 aliphatic rings. The van der Waals surface area contributed by atoms with Gasteiger partial charge in [-0.2, -0.15) is 11.8 Å². The number of amides is 1. The van der Waals surface area contributed by atoms with Crippen LogP contribution in [0.15, 0.2) is 52.5 Å². The summed E-state index contributed by atoms with van der Waals surface area (Å²) in [5.41, 5.74) is 2.57. The van der Waals surface area contributed by atoms with Crippen LogP contribution >= 0.6 is 23.1 Å². The van der Waals surface area contributed by atoms with Gasteiger partial charge in [0.05, 0.1) is 17.1 Å². The number of benzene rings is 1. The van der Waals surface area contributed by atoms with Crippen molar-refractivity contribution in [3.8, 4) is 10.8 Å². The van der Waals surface area contributed by atoms with E-state index in [0.717, 1.165) is 10.6 Å². The number of rotatable bonds is 6. The lowest BCUT2D eigenvalue weighted by Gasteiger charge is -2.04. The van der Waals surface area contributed by atoms with Crippen LogP contribution in [0.5, 0.6) is 0 Å². The van der Waals surface area contributed by atoms with Crippen LogP contribution < -0.4 is 5.32 Å². The maximum atomic E-state index is 12.1. The molecule has 0 fully saturated rings.